The summed E-state index contributed by atoms with van der Waals surface area (Å²) in [4.78, 5) is 32.5. The van der Waals surface area contributed by atoms with Gasteiger partial charge in [-0.1, -0.05) is 41.4 Å². The van der Waals surface area contributed by atoms with Gasteiger partial charge in [0.2, 0.25) is 0 Å². The molecule has 7 nitrogen and oxygen atoms in total. The van der Waals surface area contributed by atoms with Gasteiger partial charge in [-0.3, -0.25) is 14.8 Å². The number of aliphatic hydroxyl groups is 1. The molecule has 4 heterocycles. The number of fused-ring (bicyclic) bond motifs is 3. The molecular formula is C33H28ClN5O2. The number of hydrogen-bond acceptors (Lipinski definition) is 5. The third-order valence-electron chi connectivity index (χ3n) is 8.12. The maximum Gasteiger partial charge on any atom is 0.253 e. The SMILES string of the molecule is Cc1nc2c(-c3ccc(C(=O)N4CCC(=C5c6ccc(Cl)cc6CC(O)c6cccnc65)CC4)cc3)nccc2[nH]1. The summed E-state index contributed by atoms with van der Waals surface area (Å²) in [5.74, 6) is 0.858. The van der Waals surface area contributed by atoms with Crippen LogP contribution in [0, 0.1) is 6.92 Å². The number of carbonyl (C=O) groups is 1. The predicted molar refractivity (Wildman–Crippen MR) is 160 cm³/mol. The number of piperidine rings is 1. The topological polar surface area (TPSA) is 95.0 Å². The first kappa shape index (κ1) is 25.6. The number of aromatic nitrogens is 4. The van der Waals surface area contributed by atoms with Gasteiger partial charge in [-0.15, -0.1) is 0 Å². The quantitative estimate of drug-likeness (QED) is 0.263. The highest BCUT2D eigenvalue weighted by Gasteiger charge is 2.29. The van der Waals surface area contributed by atoms with Crippen LogP contribution in [0.1, 0.15) is 57.5 Å². The van der Waals surface area contributed by atoms with Gasteiger partial charge in [-0.25, -0.2) is 4.98 Å². The first-order valence-electron chi connectivity index (χ1n) is 13.8. The predicted octanol–water partition coefficient (Wildman–Crippen LogP) is 6.31. The molecule has 1 unspecified atom stereocenters. The zero-order chi connectivity index (χ0) is 28.1. The highest BCUT2D eigenvalue weighted by atomic mass is 35.5. The van der Waals surface area contributed by atoms with Gasteiger partial charge in [0.1, 0.15) is 11.3 Å². The molecule has 0 radical (unpaired) electrons. The van der Waals surface area contributed by atoms with Crippen molar-refractivity contribution in [3.63, 3.8) is 0 Å². The molecule has 1 amide bonds. The van der Waals surface area contributed by atoms with Gasteiger partial charge in [0, 0.05) is 59.2 Å². The summed E-state index contributed by atoms with van der Waals surface area (Å²) >= 11 is 6.34. The van der Waals surface area contributed by atoms with Crippen molar-refractivity contribution in [2.75, 3.05) is 13.1 Å². The Morgan fingerprint density at radius 1 is 1.00 bits per heavy atom. The summed E-state index contributed by atoms with van der Waals surface area (Å²) in [6.45, 7) is 3.15. The minimum Gasteiger partial charge on any atom is -0.388 e. The van der Waals surface area contributed by atoms with Crippen LogP contribution < -0.4 is 0 Å². The fraction of sp³-hybridized carbons (Fsp3) is 0.212. The van der Waals surface area contributed by atoms with E-state index in [1.54, 1.807) is 12.4 Å². The molecule has 2 N–H and O–H groups in total. The number of hydrogen-bond donors (Lipinski definition) is 2. The third kappa shape index (κ3) is 4.61. The minimum atomic E-state index is -0.655. The van der Waals surface area contributed by atoms with E-state index in [-0.39, 0.29) is 5.91 Å². The number of halogens is 1. The van der Waals surface area contributed by atoms with Gasteiger partial charge in [-0.05, 0) is 67.3 Å². The summed E-state index contributed by atoms with van der Waals surface area (Å²) < 4.78 is 0. The lowest BCUT2D eigenvalue weighted by atomic mass is 9.88. The normalized spacial score (nSPS) is 16.9. The van der Waals surface area contributed by atoms with Crippen molar-refractivity contribution in [3.05, 3.63) is 117 Å². The van der Waals surface area contributed by atoms with Gasteiger partial charge < -0.3 is 15.0 Å². The van der Waals surface area contributed by atoms with Crippen molar-refractivity contribution in [3.8, 4) is 11.3 Å². The monoisotopic (exact) mass is 561 g/mol. The second-order valence-corrected chi connectivity index (χ2v) is 11.1. The van der Waals surface area contributed by atoms with Crippen LogP contribution in [0.5, 0.6) is 0 Å². The molecule has 0 saturated carbocycles. The van der Waals surface area contributed by atoms with Crippen LogP contribution >= 0.6 is 11.6 Å². The highest BCUT2D eigenvalue weighted by molar-refractivity contribution is 6.30. The van der Waals surface area contributed by atoms with Gasteiger partial charge in [0.05, 0.1) is 23.0 Å². The highest BCUT2D eigenvalue weighted by Crippen LogP contribution is 2.41. The lowest BCUT2D eigenvalue weighted by molar-refractivity contribution is 0.0744. The average molecular weight is 562 g/mol. The van der Waals surface area contributed by atoms with Crippen molar-refractivity contribution in [2.24, 2.45) is 0 Å². The summed E-state index contributed by atoms with van der Waals surface area (Å²) in [6, 6.07) is 19.2. The number of amides is 1. The maximum atomic E-state index is 13.5. The molecule has 204 valence electrons. The molecule has 1 atom stereocenters. The number of nitrogens with zero attached hydrogens (tertiary/aromatic N) is 4. The molecule has 7 rings (SSSR count). The number of pyridine rings is 2. The maximum absolute atomic E-state index is 13.5. The number of aromatic amines is 1. The van der Waals surface area contributed by atoms with Crippen molar-refractivity contribution >= 4 is 34.1 Å². The van der Waals surface area contributed by atoms with E-state index >= 15 is 0 Å². The Bertz CT molecular complexity index is 1830. The van der Waals surface area contributed by atoms with Crippen LogP contribution in [0.4, 0.5) is 0 Å². The van der Waals surface area contributed by atoms with E-state index in [1.807, 2.05) is 72.5 Å². The van der Waals surface area contributed by atoms with Crippen molar-refractivity contribution < 1.29 is 9.90 Å². The summed E-state index contributed by atoms with van der Waals surface area (Å²) in [5, 5.41) is 11.7. The van der Waals surface area contributed by atoms with Crippen LogP contribution in [0.15, 0.2) is 78.6 Å². The van der Waals surface area contributed by atoms with E-state index in [2.05, 4.69) is 15.0 Å². The fourth-order valence-corrected chi connectivity index (χ4v) is 6.32. The smallest absolute Gasteiger partial charge is 0.253 e. The van der Waals surface area contributed by atoms with Crippen LogP contribution in [0.3, 0.4) is 0 Å². The molecular weight excluding hydrogens is 534 g/mol. The van der Waals surface area contributed by atoms with Crippen molar-refractivity contribution in [2.45, 2.75) is 32.3 Å². The molecule has 2 aliphatic rings. The van der Waals surface area contributed by atoms with Gasteiger partial charge >= 0.3 is 0 Å². The second kappa shape index (κ2) is 10.3. The molecule has 3 aromatic heterocycles. The number of rotatable bonds is 2. The molecule has 1 fully saturated rings. The Kier molecular flexibility index (Phi) is 6.41. The van der Waals surface area contributed by atoms with Gasteiger partial charge in [-0.2, -0.15) is 0 Å². The van der Waals surface area contributed by atoms with E-state index in [4.69, 9.17) is 16.6 Å². The van der Waals surface area contributed by atoms with E-state index in [1.165, 1.54) is 5.57 Å². The summed E-state index contributed by atoms with van der Waals surface area (Å²) in [7, 11) is 0. The number of imidazole rings is 1. The zero-order valence-corrected chi connectivity index (χ0v) is 23.3. The molecule has 2 aromatic carbocycles. The van der Waals surface area contributed by atoms with E-state index in [9.17, 15) is 9.90 Å². The van der Waals surface area contributed by atoms with E-state index < -0.39 is 6.10 Å². The number of H-pyrrole nitrogens is 1. The molecule has 1 saturated heterocycles. The van der Waals surface area contributed by atoms with Gasteiger partial charge in [0.15, 0.2) is 0 Å². The van der Waals surface area contributed by atoms with Crippen LogP contribution in [-0.2, 0) is 6.42 Å². The zero-order valence-electron chi connectivity index (χ0n) is 22.6. The number of aliphatic hydroxyl groups excluding tert-OH is 1. The Morgan fingerprint density at radius 2 is 1.78 bits per heavy atom. The molecule has 5 aromatic rings. The van der Waals surface area contributed by atoms with Crippen LogP contribution in [0.2, 0.25) is 5.02 Å². The number of aryl methyl sites for hydroxylation is 1. The molecule has 0 spiro atoms. The second-order valence-electron chi connectivity index (χ2n) is 10.7. The molecule has 1 aliphatic heterocycles. The fourth-order valence-electron chi connectivity index (χ4n) is 6.13. The number of carbonyl (C=O) groups excluding carboxylic acids is 1. The number of nitrogens with one attached hydrogen (secondary N) is 1. The first-order chi connectivity index (χ1) is 20.0. The van der Waals surface area contributed by atoms with E-state index in [0.29, 0.717) is 30.1 Å². The van der Waals surface area contributed by atoms with Crippen LogP contribution in [-0.4, -0.2) is 48.9 Å². The van der Waals surface area contributed by atoms with Crippen molar-refractivity contribution in [1.82, 2.24) is 24.8 Å². The Labute approximate surface area is 242 Å². The van der Waals surface area contributed by atoms with Crippen LogP contribution in [0.25, 0.3) is 27.9 Å². The third-order valence-corrected chi connectivity index (χ3v) is 8.35. The average Bonchev–Trinajstić information content (AvgIpc) is 3.33. The lowest BCUT2D eigenvalue weighted by Gasteiger charge is -2.30. The lowest BCUT2D eigenvalue weighted by Crippen LogP contribution is -2.36. The van der Waals surface area contributed by atoms with Crippen molar-refractivity contribution in [1.29, 1.82) is 0 Å². The largest absolute Gasteiger partial charge is 0.388 e. The first-order valence-corrected chi connectivity index (χ1v) is 14.2. The molecule has 8 heteroatoms. The molecule has 0 bridgehead atoms. The summed E-state index contributed by atoms with van der Waals surface area (Å²) in [5.41, 5.74) is 10.2. The van der Waals surface area contributed by atoms with Gasteiger partial charge in [0.25, 0.3) is 5.91 Å². The minimum absolute atomic E-state index is 0.0179. The number of likely N-dealkylation sites (tertiary alicyclic amines) is 1. The Morgan fingerprint density at radius 3 is 2.59 bits per heavy atom. The Balaban J connectivity index is 1.15. The standard InChI is InChI=1S/C33H28ClN5O2/c1-19-37-27-10-14-36-30(32(27)38-19)21-4-6-22(7-5-21)33(41)39-15-11-20(12-16-39)29-25-9-8-24(34)17-23(25)18-28(40)26-3-2-13-35-31(26)29/h2-10,13-14,17,28,40H,11-12,15-16,18H2,1H3,(H,37,38). The summed E-state index contributed by atoms with van der Waals surface area (Å²) in [6.07, 6.45) is 4.84. The Hall–Kier alpha value is -4.33. The van der Waals surface area contributed by atoms with E-state index in [0.717, 1.165) is 68.9 Å². The molecule has 41 heavy (non-hydrogen) atoms. The molecule has 1 aliphatic carbocycles. The number of benzene rings is 2.